The summed E-state index contributed by atoms with van der Waals surface area (Å²) in [6.45, 7) is 0. The first-order valence-corrected chi connectivity index (χ1v) is 6.57. The van der Waals surface area contributed by atoms with E-state index in [2.05, 4.69) is 15.9 Å². The Balaban J connectivity index is 2.16. The maximum atomic E-state index is 13.3. The first kappa shape index (κ1) is 12.5. The largest absolute Gasteiger partial charge is 0.497 e. The van der Waals surface area contributed by atoms with E-state index in [1.165, 1.54) is 17.8 Å². The standard InChI is InChI=1S/C13H10BrFOS/c1-16-9-2-4-10(5-3-9)17-11-6-7-12(14)13(15)8-11/h2-8H,1H3. The molecule has 17 heavy (non-hydrogen) atoms. The molecule has 0 aliphatic heterocycles. The minimum absolute atomic E-state index is 0.247. The van der Waals surface area contributed by atoms with Gasteiger partial charge < -0.3 is 4.74 Å². The minimum atomic E-state index is -0.247. The van der Waals surface area contributed by atoms with E-state index in [1.54, 1.807) is 13.2 Å². The summed E-state index contributed by atoms with van der Waals surface area (Å²) in [6, 6.07) is 12.8. The van der Waals surface area contributed by atoms with Crippen molar-refractivity contribution in [3.05, 3.63) is 52.8 Å². The van der Waals surface area contributed by atoms with Gasteiger partial charge in [-0.2, -0.15) is 0 Å². The predicted octanol–water partition coefficient (Wildman–Crippen LogP) is 4.75. The number of halogens is 2. The summed E-state index contributed by atoms with van der Waals surface area (Å²) in [7, 11) is 1.63. The number of ether oxygens (including phenoxy) is 1. The third-order valence-electron chi connectivity index (χ3n) is 2.19. The highest BCUT2D eigenvalue weighted by Crippen LogP contribution is 2.30. The number of benzene rings is 2. The molecular weight excluding hydrogens is 303 g/mol. The van der Waals surface area contributed by atoms with Gasteiger partial charge >= 0.3 is 0 Å². The third kappa shape index (κ3) is 3.23. The van der Waals surface area contributed by atoms with Crippen LogP contribution in [-0.2, 0) is 0 Å². The first-order valence-electron chi connectivity index (χ1n) is 4.96. The molecule has 0 spiro atoms. The Morgan fingerprint density at radius 3 is 2.29 bits per heavy atom. The van der Waals surface area contributed by atoms with Crippen molar-refractivity contribution in [2.45, 2.75) is 9.79 Å². The monoisotopic (exact) mass is 312 g/mol. The zero-order valence-corrected chi connectivity index (χ0v) is 11.5. The average Bonchev–Trinajstić information content (AvgIpc) is 2.35. The van der Waals surface area contributed by atoms with E-state index in [4.69, 9.17) is 4.74 Å². The van der Waals surface area contributed by atoms with Crippen molar-refractivity contribution in [3.8, 4) is 5.75 Å². The molecule has 88 valence electrons. The van der Waals surface area contributed by atoms with Gasteiger partial charge in [0.1, 0.15) is 11.6 Å². The van der Waals surface area contributed by atoms with E-state index in [0.717, 1.165) is 15.5 Å². The lowest BCUT2D eigenvalue weighted by Gasteiger charge is -2.04. The molecule has 0 bridgehead atoms. The SMILES string of the molecule is COc1ccc(Sc2ccc(Br)c(F)c2)cc1. The molecule has 0 heterocycles. The molecule has 0 N–H and O–H groups in total. The van der Waals surface area contributed by atoms with Crippen molar-refractivity contribution in [1.82, 2.24) is 0 Å². The number of hydrogen-bond donors (Lipinski definition) is 0. The Morgan fingerprint density at radius 1 is 1.06 bits per heavy atom. The molecule has 0 aromatic heterocycles. The Morgan fingerprint density at radius 2 is 1.71 bits per heavy atom. The molecule has 0 radical (unpaired) electrons. The Labute approximate surface area is 112 Å². The number of methoxy groups -OCH3 is 1. The fourth-order valence-corrected chi connectivity index (χ4v) is 2.41. The highest BCUT2D eigenvalue weighted by atomic mass is 79.9. The van der Waals surface area contributed by atoms with Crippen LogP contribution in [0.4, 0.5) is 4.39 Å². The fraction of sp³-hybridized carbons (Fsp3) is 0.0769. The second-order valence-electron chi connectivity index (χ2n) is 3.35. The molecular formula is C13H10BrFOS. The second-order valence-corrected chi connectivity index (χ2v) is 5.35. The van der Waals surface area contributed by atoms with Crippen LogP contribution in [0.5, 0.6) is 5.75 Å². The molecule has 1 nitrogen and oxygen atoms in total. The van der Waals surface area contributed by atoms with Gasteiger partial charge in [0.15, 0.2) is 0 Å². The first-order chi connectivity index (χ1) is 8.19. The van der Waals surface area contributed by atoms with Gasteiger partial charge in [0.25, 0.3) is 0 Å². The smallest absolute Gasteiger partial charge is 0.138 e. The summed E-state index contributed by atoms with van der Waals surface area (Å²) in [5.74, 6) is 0.569. The summed E-state index contributed by atoms with van der Waals surface area (Å²) >= 11 is 4.65. The number of rotatable bonds is 3. The van der Waals surface area contributed by atoms with Crippen LogP contribution in [-0.4, -0.2) is 7.11 Å². The highest BCUT2D eigenvalue weighted by Gasteiger charge is 2.02. The van der Waals surface area contributed by atoms with Gasteiger partial charge in [0.05, 0.1) is 11.6 Å². The molecule has 0 unspecified atom stereocenters. The molecule has 0 saturated heterocycles. The van der Waals surface area contributed by atoms with Gasteiger partial charge in [0.2, 0.25) is 0 Å². The normalized spacial score (nSPS) is 10.3. The lowest BCUT2D eigenvalue weighted by Crippen LogP contribution is -1.82. The van der Waals surface area contributed by atoms with Crippen LogP contribution in [0.3, 0.4) is 0 Å². The third-order valence-corrected chi connectivity index (χ3v) is 3.83. The molecule has 2 rings (SSSR count). The molecule has 4 heteroatoms. The van der Waals surface area contributed by atoms with Gasteiger partial charge in [-0.05, 0) is 58.4 Å². The maximum Gasteiger partial charge on any atom is 0.138 e. The van der Waals surface area contributed by atoms with Crippen LogP contribution < -0.4 is 4.74 Å². The van der Waals surface area contributed by atoms with E-state index in [-0.39, 0.29) is 5.82 Å². The van der Waals surface area contributed by atoms with Crippen molar-refractivity contribution in [3.63, 3.8) is 0 Å². The lowest BCUT2D eigenvalue weighted by atomic mass is 10.3. The van der Waals surface area contributed by atoms with Gasteiger partial charge in [-0.3, -0.25) is 0 Å². The molecule has 0 aliphatic rings. The molecule has 0 aliphatic carbocycles. The van der Waals surface area contributed by atoms with E-state index >= 15 is 0 Å². The molecule has 2 aromatic rings. The Kier molecular flexibility index (Phi) is 4.07. The predicted molar refractivity (Wildman–Crippen MR) is 71.2 cm³/mol. The maximum absolute atomic E-state index is 13.3. The van der Waals surface area contributed by atoms with Crippen molar-refractivity contribution < 1.29 is 9.13 Å². The van der Waals surface area contributed by atoms with Crippen LogP contribution in [0.15, 0.2) is 56.7 Å². The van der Waals surface area contributed by atoms with E-state index in [9.17, 15) is 4.39 Å². The van der Waals surface area contributed by atoms with Gasteiger partial charge in [-0.25, -0.2) is 4.39 Å². The van der Waals surface area contributed by atoms with Gasteiger partial charge in [-0.15, -0.1) is 0 Å². The van der Waals surface area contributed by atoms with E-state index < -0.39 is 0 Å². The van der Waals surface area contributed by atoms with Crippen LogP contribution in [0, 0.1) is 5.82 Å². The summed E-state index contributed by atoms with van der Waals surface area (Å²) in [4.78, 5) is 1.92. The zero-order valence-electron chi connectivity index (χ0n) is 9.11. The Hall–Kier alpha value is -1.00. The van der Waals surface area contributed by atoms with Crippen molar-refractivity contribution in [2.75, 3.05) is 7.11 Å². The average molecular weight is 313 g/mol. The Bertz CT molecular complexity index is 513. The van der Waals surface area contributed by atoms with E-state index in [0.29, 0.717) is 4.47 Å². The quantitative estimate of drug-likeness (QED) is 0.809. The molecule has 0 atom stereocenters. The summed E-state index contributed by atoms with van der Waals surface area (Å²) < 4.78 is 18.9. The summed E-state index contributed by atoms with van der Waals surface area (Å²) in [6.07, 6.45) is 0. The minimum Gasteiger partial charge on any atom is -0.497 e. The lowest BCUT2D eigenvalue weighted by molar-refractivity contribution is 0.414. The highest BCUT2D eigenvalue weighted by molar-refractivity contribution is 9.10. The molecule has 0 amide bonds. The molecule has 2 aromatic carbocycles. The van der Waals surface area contributed by atoms with Crippen LogP contribution in [0.1, 0.15) is 0 Å². The zero-order chi connectivity index (χ0) is 12.3. The second kappa shape index (κ2) is 5.56. The molecule has 0 saturated carbocycles. The van der Waals surface area contributed by atoms with Crippen molar-refractivity contribution in [1.29, 1.82) is 0 Å². The van der Waals surface area contributed by atoms with Crippen LogP contribution in [0.2, 0.25) is 0 Å². The summed E-state index contributed by atoms with van der Waals surface area (Å²) in [5, 5.41) is 0. The van der Waals surface area contributed by atoms with Crippen LogP contribution >= 0.6 is 27.7 Å². The number of hydrogen-bond acceptors (Lipinski definition) is 2. The van der Waals surface area contributed by atoms with Gasteiger partial charge in [-0.1, -0.05) is 11.8 Å². The van der Waals surface area contributed by atoms with Crippen molar-refractivity contribution in [2.24, 2.45) is 0 Å². The van der Waals surface area contributed by atoms with Crippen molar-refractivity contribution >= 4 is 27.7 Å². The van der Waals surface area contributed by atoms with Gasteiger partial charge in [0, 0.05) is 9.79 Å². The van der Waals surface area contributed by atoms with E-state index in [1.807, 2.05) is 30.3 Å². The fourth-order valence-electron chi connectivity index (χ4n) is 1.32. The molecule has 0 fully saturated rings. The summed E-state index contributed by atoms with van der Waals surface area (Å²) in [5.41, 5.74) is 0. The van der Waals surface area contributed by atoms with Crippen LogP contribution in [0.25, 0.3) is 0 Å². The topological polar surface area (TPSA) is 9.23 Å².